The number of ether oxygens (including phenoxy) is 1. The molecule has 0 saturated carbocycles. The molecular formula is C25H32ClN3O. The van der Waals surface area contributed by atoms with E-state index in [9.17, 15) is 0 Å². The molecule has 4 rings (SSSR count). The number of H-pyrrole nitrogens is 1. The van der Waals surface area contributed by atoms with Crippen LogP contribution in [0.2, 0.25) is 5.02 Å². The first-order chi connectivity index (χ1) is 14.6. The zero-order chi connectivity index (χ0) is 20.9. The lowest BCUT2D eigenvalue weighted by Crippen LogP contribution is -2.33. The summed E-state index contributed by atoms with van der Waals surface area (Å²) in [6.07, 6.45) is 6.47. The van der Waals surface area contributed by atoms with Crippen LogP contribution in [-0.4, -0.2) is 34.5 Å². The zero-order valence-corrected chi connectivity index (χ0v) is 18.8. The minimum Gasteiger partial charge on any atom is -0.486 e. The predicted molar refractivity (Wildman–Crippen MR) is 124 cm³/mol. The molecule has 0 aliphatic carbocycles. The number of nitrogens with one attached hydrogen (secondary N) is 1. The maximum atomic E-state index is 5.93. The topological polar surface area (TPSA) is 41.2 Å². The molecule has 1 atom stereocenters. The molecule has 160 valence electrons. The second-order valence-electron chi connectivity index (χ2n) is 8.68. The van der Waals surface area contributed by atoms with Gasteiger partial charge in [-0.05, 0) is 93.1 Å². The van der Waals surface area contributed by atoms with E-state index >= 15 is 0 Å². The molecule has 1 unspecified atom stereocenters. The summed E-state index contributed by atoms with van der Waals surface area (Å²) < 4.78 is 5.84. The van der Waals surface area contributed by atoms with Crippen molar-refractivity contribution in [3.63, 3.8) is 0 Å². The van der Waals surface area contributed by atoms with Crippen molar-refractivity contribution < 1.29 is 4.74 Å². The monoisotopic (exact) mass is 425 g/mol. The number of rotatable bonds is 8. The molecule has 0 bridgehead atoms. The van der Waals surface area contributed by atoms with Crippen LogP contribution in [0.25, 0.3) is 11.0 Å². The number of hydrogen-bond acceptors (Lipinski definition) is 3. The van der Waals surface area contributed by atoms with E-state index in [1.807, 2.05) is 24.3 Å². The van der Waals surface area contributed by atoms with Crippen LogP contribution in [0.4, 0.5) is 0 Å². The summed E-state index contributed by atoms with van der Waals surface area (Å²) in [7, 11) is 0. The molecule has 3 aromatic rings. The molecule has 4 nitrogen and oxygen atoms in total. The SMILES string of the molecule is Cc1c(CCC(C)CN2CCCCC2)ccc2[nH]c(COc3ccc(Cl)cc3)nc12. The summed E-state index contributed by atoms with van der Waals surface area (Å²) >= 11 is 5.93. The Hall–Kier alpha value is -2.04. The maximum Gasteiger partial charge on any atom is 0.146 e. The Morgan fingerprint density at radius 3 is 2.63 bits per heavy atom. The highest BCUT2D eigenvalue weighted by Crippen LogP contribution is 2.24. The number of aryl methyl sites for hydroxylation is 2. The molecule has 0 spiro atoms. The number of likely N-dealkylation sites (tertiary alicyclic amines) is 1. The van der Waals surface area contributed by atoms with Gasteiger partial charge in [-0.15, -0.1) is 0 Å². The van der Waals surface area contributed by atoms with Crippen molar-refractivity contribution in [2.45, 2.75) is 52.6 Å². The lowest BCUT2D eigenvalue weighted by Gasteiger charge is -2.29. The minimum absolute atomic E-state index is 0.415. The molecule has 2 heterocycles. The maximum absolute atomic E-state index is 5.93. The van der Waals surface area contributed by atoms with Gasteiger partial charge in [0.2, 0.25) is 0 Å². The van der Waals surface area contributed by atoms with E-state index in [1.54, 1.807) is 0 Å². The van der Waals surface area contributed by atoms with Gasteiger partial charge < -0.3 is 14.6 Å². The van der Waals surface area contributed by atoms with Crippen molar-refractivity contribution in [2.24, 2.45) is 5.92 Å². The highest BCUT2D eigenvalue weighted by Gasteiger charge is 2.15. The Labute approximate surface area is 184 Å². The van der Waals surface area contributed by atoms with Crippen LogP contribution in [0.1, 0.15) is 49.6 Å². The lowest BCUT2D eigenvalue weighted by molar-refractivity contribution is 0.197. The Morgan fingerprint density at radius 2 is 1.87 bits per heavy atom. The first-order valence-corrected chi connectivity index (χ1v) is 11.5. The molecule has 0 amide bonds. The smallest absolute Gasteiger partial charge is 0.146 e. The molecule has 1 aliphatic rings. The standard InChI is InChI=1S/C25H32ClN3O/c1-18(16-29-14-4-3-5-15-29)6-7-20-8-13-23-25(19(20)2)28-24(27-23)17-30-22-11-9-21(26)10-12-22/h8-13,18H,3-7,14-17H2,1-2H3,(H,27,28). The number of benzene rings is 2. The number of hydrogen-bond donors (Lipinski definition) is 1. The fourth-order valence-electron chi connectivity index (χ4n) is 4.40. The first kappa shape index (κ1) is 21.2. The molecule has 0 radical (unpaired) electrons. The summed E-state index contributed by atoms with van der Waals surface area (Å²) in [5.74, 6) is 2.36. The third-order valence-corrected chi connectivity index (χ3v) is 6.44. The van der Waals surface area contributed by atoms with Crippen LogP contribution >= 0.6 is 11.6 Å². The largest absolute Gasteiger partial charge is 0.486 e. The number of halogens is 1. The van der Waals surface area contributed by atoms with E-state index in [0.717, 1.165) is 34.9 Å². The van der Waals surface area contributed by atoms with Crippen molar-refractivity contribution in [3.05, 3.63) is 58.4 Å². The quantitative estimate of drug-likeness (QED) is 0.470. The summed E-state index contributed by atoms with van der Waals surface area (Å²) in [5.41, 5.74) is 4.83. The van der Waals surface area contributed by atoms with Crippen LogP contribution in [0.15, 0.2) is 36.4 Å². The van der Waals surface area contributed by atoms with Gasteiger partial charge >= 0.3 is 0 Å². The molecule has 1 fully saturated rings. The molecule has 1 saturated heterocycles. The van der Waals surface area contributed by atoms with Crippen LogP contribution < -0.4 is 4.74 Å². The third-order valence-electron chi connectivity index (χ3n) is 6.18. The van der Waals surface area contributed by atoms with Gasteiger partial charge in [-0.3, -0.25) is 0 Å². The van der Waals surface area contributed by atoms with Gasteiger partial charge in [0, 0.05) is 11.6 Å². The Kier molecular flexibility index (Phi) is 6.96. The summed E-state index contributed by atoms with van der Waals surface area (Å²) in [4.78, 5) is 10.9. The number of piperidine rings is 1. The summed E-state index contributed by atoms with van der Waals surface area (Å²) in [6.45, 7) is 8.79. The molecular weight excluding hydrogens is 394 g/mol. The number of imidazole rings is 1. The van der Waals surface area contributed by atoms with E-state index < -0.39 is 0 Å². The van der Waals surface area contributed by atoms with Crippen LogP contribution in [-0.2, 0) is 13.0 Å². The molecule has 30 heavy (non-hydrogen) atoms. The molecule has 1 N–H and O–H groups in total. The third kappa shape index (κ3) is 5.35. The van der Waals surface area contributed by atoms with Crippen molar-refractivity contribution in [2.75, 3.05) is 19.6 Å². The van der Waals surface area contributed by atoms with E-state index in [2.05, 4.69) is 35.9 Å². The molecule has 5 heteroatoms. The lowest BCUT2D eigenvalue weighted by atomic mass is 9.96. The van der Waals surface area contributed by atoms with E-state index in [-0.39, 0.29) is 0 Å². The van der Waals surface area contributed by atoms with Crippen LogP contribution in [0, 0.1) is 12.8 Å². The van der Waals surface area contributed by atoms with Gasteiger partial charge in [0.1, 0.15) is 18.2 Å². The van der Waals surface area contributed by atoms with Crippen LogP contribution in [0.5, 0.6) is 5.75 Å². The summed E-state index contributed by atoms with van der Waals surface area (Å²) in [5, 5.41) is 0.708. The van der Waals surface area contributed by atoms with E-state index in [1.165, 1.54) is 56.4 Å². The van der Waals surface area contributed by atoms with Gasteiger partial charge in [0.15, 0.2) is 0 Å². The average Bonchev–Trinajstić information content (AvgIpc) is 3.18. The normalized spacial score (nSPS) is 16.1. The van der Waals surface area contributed by atoms with E-state index in [4.69, 9.17) is 21.3 Å². The fourth-order valence-corrected chi connectivity index (χ4v) is 4.53. The molecule has 1 aromatic heterocycles. The molecule has 1 aliphatic heterocycles. The second-order valence-corrected chi connectivity index (χ2v) is 9.11. The van der Waals surface area contributed by atoms with Gasteiger partial charge in [0.25, 0.3) is 0 Å². The predicted octanol–water partition coefficient (Wildman–Crippen LogP) is 6.16. The Morgan fingerprint density at radius 1 is 1.10 bits per heavy atom. The van der Waals surface area contributed by atoms with Crippen molar-refractivity contribution in [3.8, 4) is 5.75 Å². The van der Waals surface area contributed by atoms with Gasteiger partial charge in [-0.1, -0.05) is 31.0 Å². The Bertz CT molecular complexity index is 960. The zero-order valence-electron chi connectivity index (χ0n) is 18.1. The average molecular weight is 426 g/mol. The van der Waals surface area contributed by atoms with E-state index in [0.29, 0.717) is 11.6 Å². The van der Waals surface area contributed by atoms with Crippen molar-refractivity contribution >= 4 is 22.6 Å². The van der Waals surface area contributed by atoms with Crippen molar-refractivity contribution in [1.29, 1.82) is 0 Å². The van der Waals surface area contributed by atoms with Gasteiger partial charge in [-0.25, -0.2) is 4.98 Å². The Balaban J connectivity index is 1.36. The van der Waals surface area contributed by atoms with Crippen LogP contribution in [0.3, 0.4) is 0 Å². The number of aromatic nitrogens is 2. The first-order valence-electron chi connectivity index (χ1n) is 11.2. The number of fused-ring (bicyclic) bond motifs is 1. The summed E-state index contributed by atoms with van der Waals surface area (Å²) in [6, 6.07) is 11.8. The fraction of sp³-hybridized carbons (Fsp3) is 0.480. The number of nitrogens with zero attached hydrogens (tertiary/aromatic N) is 2. The highest BCUT2D eigenvalue weighted by molar-refractivity contribution is 6.30. The number of aromatic amines is 1. The van der Waals surface area contributed by atoms with Crippen molar-refractivity contribution in [1.82, 2.24) is 14.9 Å². The minimum atomic E-state index is 0.415. The highest BCUT2D eigenvalue weighted by atomic mass is 35.5. The van der Waals surface area contributed by atoms with Gasteiger partial charge in [0.05, 0.1) is 11.0 Å². The van der Waals surface area contributed by atoms with Gasteiger partial charge in [-0.2, -0.15) is 0 Å². The second kappa shape index (κ2) is 9.84. The molecule has 2 aromatic carbocycles.